The standard InChI is InChI=1S/C15H22N2O2S/c1-3-8-16-15(18)17-9-10-20-14(11-17)12-4-6-13(19-2)7-5-12/h4-7,14H,3,8-11H2,1-2H3,(H,16,18). The first-order valence-electron chi connectivity index (χ1n) is 7.03. The van der Waals surface area contributed by atoms with E-state index in [0.717, 1.165) is 37.6 Å². The molecule has 1 heterocycles. The van der Waals surface area contributed by atoms with E-state index >= 15 is 0 Å². The van der Waals surface area contributed by atoms with E-state index in [1.807, 2.05) is 28.8 Å². The Balaban J connectivity index is 1.96. The molecule has 1 aromatic rings. The first-order valence-corrected chi connectivity index (χ1v) is 8.07. The zero-order valence-corrected chi connectivity index (χ0v) is 12.9. The van der Waals surface area contributed by atoms with E-state index in [-0.39, 0.29) is 6.03 Å². The Morgan fingerprint density at radius 1 is 1.45 bits per heavy atom. The molecule has 2 rings (SSSR count). The average Bonchev–Trinajstić information content (AvgIpc) is 2.52. The lowest BCUT2D eigenvalue weighted by molar-refractivity contribution is 0.199. The predicted molar refractivity (Wildman–Crippen MR) is 83.5 cm³/mol. The second-order valence-corrected chi connectivity index (χ2v) is 6.12. The quantitative estimate of drug-likeness (QED) is 0.928. The van der Waals surface area contributed by atoms with Crippen molar-refractivity contribution in [3.05, 3.63) is 29.8 Å². The van der Waals surface area contributed by atoms with Crippen molar-refractivity contribution in [1.82, 2.24) is 10.2 Å². The highest BCUT2D eigenvalue weighted by Gasteiger charge is 2.24. The van der Waals surface area contributed by atoms with Gasteiger partial charge in [-0.1, -0.05) is 19.1 Å². The van der Waals surface area contributed by atoms with Gasteiger partial charge in [0, 0.05) is 30.6 Å². The van der Waals surface area contributed by atoms with Crippen molar-refractivity contribution in [2.24, 2.45) is 0 Å². The molecule has 110 valence electrons. The summed E-state index contributed by atoms with van der Waals surface area (Å²) < 4.78 is 5.18. The molecule has 1 N–H and O–H groups in total. The number of ether oxygens (including phenoxy) is 1. The fourth-order valence-electron chi connectivity index (χ4n) is 2.20. The molecule has 1 atom stereocenters. The van der Waals surface area contributed by atoms with Crippen LogP contribution in [0.2, 0.25) is 0 Å². The molecule has 0 radical (unpaired) electrons. The minimum Gasteiger partial charge on any atom is -0.497 e. The summed E-state index contributed by atoms with van der Waals surface area (Å²) >= 11 is 1.91. The lowest BCUT2D eigenvalue weighted by atomic mass is 10.1. The molecular weight excluding hydrogens is 272 g/mol. The smallest absolute Gasteiger partial charge is 0.317 e. The number of nitrogens with zero attached hydrogens (tertiary/aromatic N) is 1. The molecule has 1 saturated heterocycles. The molecule has 4 nitrogen and oxygen atoms in total. The van der Waals surface area contributed by atoms with Crippen LogP contribution < -0.4 is 10.1 Å². The number of carbonyl (C=O) groups is 1. The van der Waals surface area contributed by atoms with Gasteiger partial charge in [0.2, 0.25) is 0 Å². The number of hydrogen-bond donors (Lipinski definition) is 1. The van der Waals surface area contributed by atoms with E-state index in [0.29, 0.717) is 5.25 Å². The SMILES string of the molecule is CCCNC(=O)N1CCSC(c2ccc(OC)cc2)C1. The summed E-state index contributed by atoms with van der Waals surface area (Å²) in [7, 11) is 1.67. The van der Waals surface area contributed by atoms with Gasteiger partial charge in [0.15, 0.2) is 0 Å². The fourth-order valence-corrected chi connectivity index (χ4v) is 3.44. The van der Waals surface area contributed by atoms with E-state index in [4.69, 9.17) is 4.74 Å². The number of amides is 2. The largest absolute Gasteiger partial charge is 0.497 e. The van der Waals surface area contributed by atoms with Crippen molar-refractivity contribution in [1.29, 1.82) is 0 Å². The molecule has 0 aromatic heterocycles. The van der Waals surface area contributed by atoms with Crippen molar-refractivity contribution in [2.45, 2.75) is 18.6 Å². The average molecular weight is 294 g/mol. The van der Waals surface area contributed by atoms with Gasteiger partial charge in [-0.25, -0.2) is 4.79 Å². The Bertz CT molecular complexity index is 436. The van der Waals surface area contributed by atoms with Crippen molar-refractivity contribution >= 4 is 17.8 Å². The molecular formula is C15H22N2O2S. The van der Waals surface area contributed by atoms with Crippen LogP contribution in [-0.2, 0) is 0 Å². The topological polar surface area (TPSA) is 41.6 Å². The van der Waals surface area contributed by atoms with Gasteiger partial charge < -0.3 is 15.0 Å². The Morgan fingerprint density at radius 2 is 2.20 bits per heavy atom. The lowest BCUT2D eigenvalue weighted by Crippen LogP contribution is -2.45. The number of carbonyl (C=O) groups excluding carboxylic acids is 1. The van der Waals surface area contributed by atoms with Crippen LogP contribution in [0.15, 0.2) is 24.3 Å². The molecule has 2 amide bonds. The van der Waals surface area contributed by atoms with Gasteiger partial charge in [0.25, 0.3) is 0 Å². The van der Waals surface area contributed by atoms with Gasteiger partial charge >= 0.3 is 6.03 Å². The molecule has 5 heteroatoms. The van der Waals surface area contributed by atoms with Crippen molar-refractivity contribution in [3.63, 3.8) is 0 Å². The summed E-state index contributed by atoms with van der Waals surface area (Å²) in [5.74, 6) is 1.85. The highest BCUT2D eigenvalue weighted by atomic mass is 32.2. The zero-order valence-electron chi connectivity index (χ0n) is 12.1. The number of benzene rings is 1. The summed E-state index contributed by atoms with van der Waals surface area (Å²) in [5, 5.41) is 3.30. The third-order valence-electron chi connectivity index (χ3n) is 3.37. The van der Waals surface area contributed by atoms with Crippen molar-refractivity contribution in [2.75, 3.05) is 32.5 Å². The van der Waals surface area contributed by atoms with E-state index in [1.165, 1.54) is 5.56 Å². The fraction of sp³-hybridized carbons (Fsp3) is 0.533. The van der Waals surface area contributed by atoms with Crippen LogP contribution in [0, 0.1) is 0 Å². The summed E-state index contributed by atoms with van der Waals surface area (Å²) in [6.07, 6.45) is 0.968. The third-order valence-corrected chi connectivity index (χ3v) is 4.61. The maximum Gasteiger partial charge on any atom is 0.317 e. The van der Waals surface area contributed by atoms with Gasteiger partial charge in [0.1, 0.15) is 5.75 Å². The van der Waals surface area contributed by atoms with Crippen LogP contribution in [0.3, 0.4) is 0 Å². The molecule has 1 aromatic carbocycles. The molecule has 1 aliphatic rings. The van der Waals surface area contributed by atoms with Gasteiger partial charge in [-0.3, -0.25) is 0 Å². The maximum absolute atomic E-state index is 12.0. The highest BCUT2D eigenvalue weighted by Crippen LogP contribution is 2.33. The molecule has 0 bridgehead atoms. The molecule has 0 saturated carbocycles. The van der Waals surface area contributed by atoms with Gasteiger partial charge in [-0.2, -0.15) is 11.8 Å². The predicted octanol–water partition coefficient (Wildman–Crippen LogP) is 2.90. The zero-order chi connectivity index (χ0) is 14.4. The number of hydrogen-bond acceptors (Lipinski definition) is 3. The number of rotatable bonds is 4. The lowest BCUT2D eigenvalue weighted by Gasteiger charge is -2.32. The summed E-state index contributed by atoms with van der Waals surface area (Å²) in [6, 6.07) is 8.19. The minimum absolute atomic E-state index is 0.0608. The van der Waals surface area contributed by atoms with E-state index < -0.39 is 0 Å². The van der Waals surface area contributed by atoms with E-state index in [2.05, 4.69) is 24.4 Å². The Hall–Kier alpha value is -1.36. The summed E-state index contributed by atoms with van der Waals surface area (Å²) in [6.45, 7) is 4.40. The number of methoxy groups -OCH3 is 1. The van der Waals surface area contributed by atoms with Crippen LogP contribution in [0.4, 0.5) is 4.79 Å². The Morgan fingerprint density at radius 3 is 2.85 bits per heavy atom. The molecule has 1 aliphatic heterocycles. The Labute approximate surface area is 124 Å². The van der Waals surface area contributed by atoms with Gasteiger partial charge in [0.05, 0.1) is 7.11 Å². The monoisotopic (exact) mass is 294 g/mol. The second kappa shape index (κ2) is 7.43. The summed E-state index contributed by atoms with van der Waals surface area (Å²) in [5.41, 5.74) is 1.25. The normalized spacial score (nSPS) is 18.7. The van der Waals surface area contributed by atoms with Gasteiger partial charge in [-0.05, 0) is 24.1 Å². The van der Waals surface area contributed by atoms with Crippen LogP contribution in [0.25, 0.3) is 0 Å². The molecule has 20 heavy (non-hydrogen) atoms. The molecule has 0 aliphatic carbocycles. The second-order valence-electron chi connectivity index (χ2n) is 4.81. The van der Waals surface area contributed by atoms with Crippen molar-refractivity contribution in [3.8, 4) is 5.75 Å². The van der Waals surface area contributed by atoms with Gasteiger partial charge in [-0.15, -0.1) is 0 Å². The number of urea groups is 1. The number of nitrogens with one attached hydrogen (secondary N) is 1. The van der Waals surface area contributed by atoms with Crippen LogP contribution in [0.1, 0.15) is 24.2 Å². The summed E-state index contributed by atoms with van der Waals surface area (Å²) in [4.78, 5) is 13.9. The van der Waals surface area contributed by atoms with Crippen LogP contribution >= 0.6 is 11.8 Å². The van der Waals surface area contributed by atoms with E-state index in [1.54, 1.807) is 7.11 Å². The Kier molecular flexibility index (Phi) is 5.59. The van der Waals surface area contributed by atoms with Crippen LogP contribution in [-0.4, -0.2) is 43.4 Å². The van der Waals surface area contributed by atoms with E-state index in [9.17, 15) is 4.79 Å². The number of thioether (sulfide) groups is 1. The highest BCUT2D eigenvalue weighted by molar-refractivity contribution is 7.99. The first-order chi connectivity index (χ1) is 9.74. The third kappa shape index (κ3) is 3.82. The minimum atomic E-state index is 0.0608. The van der Waals surface area contributed by atoms with Crippen molar-refractivity contribution < 1.29 is 9.53 Å². The molecule has 1 unspecified atom stereocenters. The first kappa shape index (κ1) is 15.0. The molecule has 1 fully saturated rings. The van der Waals surface area contributed by atoms with Crippen LogP contribution in [0.5, 0.6) is 5.75 Å². The maximum atomic E-state index is 12.0. The molecule has 0 spiro atoms.